The second kappa shape index (κ2) is 8.96. The number of halogens is 1. The fourth-order valence-corrected chi connectivity index (χ4v) is 4.98. The molecule has 1 amide bonds. The number of aromatic amines is 1. The maximum atomic E-state index is 12.8. The zero-order valence-corrected chi connectivity index (χ0v) is 19.0. The second-order valence-electron chi connectivity index (χ2n) is 8.88. The van der Waals surface area contributed by atoms with Crippen molar-refractivity contribution in [1.29, 1.82) is 0 Å². The Balaban J connectivity index is 1.67. The van der Waals surface area contributed by atoms with E-state index in [0.29, 0.717) is 22.5 Å². The summed E-state index contributed by atoms with van der Waals surface area (Å²) in [6.07, 6.45) is 4.49. The van der Waals surface area contributed by atoms with Gasteiger partial charge in [0.15, 0.2) is 11.5 Å². The van der Waals surface area contributed by atoms with Crippen LogP contribution in [0.1, 0.15) is 71.5 Å². The van der Waals surface area contributed by atoms with Crippen molar-refractivity contribution in [2.75, 3.05) is 0 Å². The minimum Gasteiger partial charge on any atom is -0.347 e. The Morgan fingerprint density at radius 3 is 2.48 bits per heavy atom. The Hall–Kier alpha value is -1.73. The van der Waals surface area contributed by atoms with Crippen LogP contribution in [0.2, 0.25) is 4.34 Å². The maximum Gasteiger partial charge on any atom is 0.275 e. The van der Waals surface area contributed by atoms with Gasteiger partial charge in [0, 0.05) is 5.92 Å². The largest absolute Gasteiger partial charge is 0.347 e. The Kier molecular flexibility index (Phi) is 6.79. The predicted octanol–water partition coefficient (Wildman–Crippen LogP) is 4.97. The summed E-state index contributed by atoms with van der Waals surface area (Å²) in [4.78, 5) is 28.9. The van der Waals surface area contributed by atoms with E-state index in [1.165, 1.54) is 11.3 Å². The van der Waals surface area contributed by atoms with E-state index in [1.54, 1.807) is 12.1 Å². The Morgan fingerprint density at radius 1 is 1.28 bits per heavy atom. The molecule has 158 valence electrons. The number of amides is 1. The fraction of sp³-hybridized carbons (Fsp3) is 0.619. The SMILES string of the molecule is CCC(NC(=O)C1CCC(C(C)(C)C)CC1)c1nnc(-c2ccc(Cl)s2)[nH]c1=O. The van der Waals surface area contributed by atoms with E-state index < -0.39 is 6.04 Å². The van der Waals surface area contributed by atoms with Gasteiger partial charge in [0.05, 0.1) is 15.3 Å². The molecule has 0 aromatic carbocycles. The molecule has 1 fully saturated rings. The van der Waals surface area contributed by atoms with Crippen molar-refractivity contribution in [2.45, 2.75) is 65.8 Å². The molecular formula is C21H29ClN4O2S. The van der Waals surface area contributed by atoms with Crippen LogP contribution in [-0.2, 0) is 4.79 Å². The predicted molar refractivity (Wildman–Crippen MR) is 117 cm³/mol. The van der Waals surface area contributed by atoms with E-state index in [4.69, 9.17) is 11.6 Å². The van der Waals surface area contributed by atoms with Gasteiger partial charge < -0.3 is 10.3 Å². The molecule has 1 unspecified atom stereocenters. The van der Waals surface area contributed by atoms with Gasteiger partial charge in [-0.3, -0.25) is 9.59 Å². The molecule has 0 aliphatic heterocycles. The lowest BCUT2D eigenvalue weighted by atomic mass is 9.69. The van der Waals surface area contributed by atoms with Crippen LogP contribution in [-0.4, -0.2) is 21.1 Å². The number of rotatable bonds is 5. The van der Waals surface area contributed by atoms with Crippen molar-refractivity contribution in [1.82, 2.24) is 20.5 Å². The molecule has 2 heterocycles. The lowest BCUT2D eigenvalue weighted by Crippen LogP contribution is -2.39. The number of thiophene rings is 1. The van der Waals surface area contributed by atoms with Crippen molar-refractivity contribution < 1.29 is 4.79 Å². The average Bonchev–Trinajstić information content (AvgIpc) is 3.12. The standard InChI is InChI=1S/C21H29ClN4O2S/c1-5-14(23-19(27)12-6-8-13(9-7-12)21(2,3)4)17-20(28)24-18(26-25-17)15-10-11-16(22)29-15/h10-14H,5-9H2,1-4H3,(H,23,27)(H,24,26,28). The van der Waals surface area contributed by atoms with Crippen molar-refractivity contribution in [3.05, 3.63) is 32.5 Å². The van der Waals surface area contributed by atoms with Gasteiger partial charge in [0.25, 0.3) is 5.56 Å². The first-order valence-electron chi connectivity index (χ1n) is 10.2. The van der Waals surface area contributed by atoms with Gasteiger partial charge in [-0.1, -0.05) is 39.3 Å². The first kappa shape index (κ1) is 22.0. The van der Waals surface area contributed by atoms with Crippen molar-refractivity contribution in [3.63, 3.8) is 0 Å². The van der Waals surface area contributed by atoms with Crippen molar-refractivity contribution in [2.24, 2.45) is 17.3 Å². The molecule has 2 aromatic heterocycles. The van der Waals surface area contributed by atoms with Gasteiger partial charge in [-0.25, -0.2) is 0 Å². The Labute approximate surface area is 180 Å². The molecule has 1 aliphatic carbocycles. The number of nitrogens with one attached hydrogen (secondary N) is 2. The molecule has 2 N–H and O–H groups in total. The molecule has 0 spiro atoms. The molecule has 1 saturated carbocycles. The summed E-state index contributed by atoms with van der Waals surface area (Å²) >= 11 is 7.27. The molecule has 1 atom stereocenters. The third-order valence-electron chi connectivity index (χ3n) is 5.91. The van der Waals surface area contributed by atoms with Gasteiger partial charge in [0.2, 0.25) is 5.91 Å². The molecule has 2 aromatic rings. The van der Waals surface area contributed by atoms with Gasteiger partial charge in [-0.05, 0) is 55.6 Å². The van der Waals surface area contributed by atoms with Crippen LogP contribution in [0, 0.1) is 17.3 Å². The third-order valence-corrected chi connectivity index (χ3v) is 7.14. The molecule has 0 bridgehead atoms. The summed E-state index contributed by atoms with van der Waals surface area (Å²) in [5, 5.41) is 11.3. The number of H-pyrrole nitrogens is 1. The molecule has 29 heavy (non-hydrogen) atoms. The molecule has 1 aliphatic rings. The highest BCUT2D eigenvalue weighted by atomic mass is 35.5. The Morgan fingerprint density at radius 2 is 1.97 bits per heavy atom. The number of hydrogen-bond donors (Lipinski definition) is 2. The number of aromatic nitrogens is 3. The topological polar surface area (TPSA) is 87.7 Å². The number of nitrogens with zero attached hydrogens (tertiary/aromatic N) is 2. The van der Waals surface area contributed by atoms with Crippen LogP contribution in [0.3, 0.4) is 0 Å². The minimum absolute atomic E-state index is 0.00206. The molecule has 0 saturated heterocycles. The summed E-state index contributed by atoms with van der Waals surface area (Å²) in [6, 6.07) is 3.10. The Bertz CT molecular complexity index is 910. The summed E-state index contributed by atoms with van der Waals surface area (Å²) in [6.45, 7) is 8.73. The summed E-state index contributed by atoms with van der Waals surface area (Å²) in [5.74, 6) is 1.06. The highest BCUT2D eigenvalue weighted by molar-refractivity contribution is 7.19. The van der Waals surface area contributed by atoms with Gasteiger partial charge in [-0.2, -0.15) is 0 Å². The van der Waals surface area contributed by atoms with E-state index in [1.807, 2.05) is 6.92 Å². The lowest BCUT2D eigenvalue weighted by molar-refractivity contribution is -0.127. The van der Waals surface area contributed by atoms with E-state index in [0.717, 1.165) is 30.6 Å². The number of hydrogen-bond acceptors (Lipinski definition) is 5. The third kappa shape index (κ3) is 5.25. The van der Waals surface area contributed by atoms with Crippen LogP contribution in [0.4, 0.5) is 0 Å². The quantitative estimate of drug-likeness (QED) is 0.692. The van der Waals surface area contributed by atoms with Gasteiger partial charge in [0.1, 0.15) is 0 Å². The minimum atomic E-state index is -0.444. The van der Waals surface area contributed by atoms with Crippen molar-refractivity contribution in [3.8, 4) is 10.7 Å². The maximum absolute atomic E-state index is 12.8. The average molecular weight is 437 g/mol. The highest BCUT2D eigenvalue weighted by Gasteiger charge is 2.33. The second-order valence-corrected chi connectivity index (χ2v) is 10.6. The molecule has 0 radical (unpaired) electrons. The highest BCUT2D eigenvalue weighted by Crippen LogP contribution is 2.40. The normalized spacial score (nSPS) is 21.0. The lowest BCUT2D eigenvalue weighted by Gasteiger charge is -2.36. The molecule has 8 heteroatoms. The van der Waals surface area contributed by atoms with Crippen LogP contribution < -0.4 is 10.9 Å². The molecular weight excluding hydrogens is 408 g/mol. The van der Waals surface area contributed by atoms with Crippen LogP contribution in [0.5, 0.6) is 0 Å². The smallest absolute Gasteiger partial charge is 0.275 e. The number of carbonyl (C=O) groups excluding carboxylic acids is 1. The first-order valence-corrected chi connectivity index (χ1v) is 11.4. The van der Waals surface area contributed by atoms with E-state index >= 15 is 0 Å². The first-order chi connectivity index (χ1) is 13.7. The van der Waals surface area contributed by atoms with E-state index in [9.17, 15) is 9.59 Å². The van der Waals surface area contributed by atoms with Crippen LogP contribution >= 0.6 is 22.9 Å². The summed E-state index contributed by atoms with van der Waals surface area (Å²) < 4.78 is 0.617. The zero-order chi connectivity index (χ0) is 21.2. The van der Waals surface area contributed by atoms with Crippen LogP contribution in [0.25, 0.3) is 10.7 Å². The van der Waals surface area contributed by atoms with Crippen LogP contribution in [0.15, 0.2) is 16.9 Å². The van der Waals surface area contributed by atoms with Crippen molar-refractivity contribution >= 4 is 28.8 Å². The van der Waals surface area contributed by atoms with E-state index in [-0.39, 0.29) is 28.5 Å². The monoisotopic (exact) mass is 436 g/mol. The van der Waals surface area contributed by atoms with Gasteiger partial charge in [-0.15, -0.1) is 21.5 Å². The van der Waals surface area contributed by atoms with Gasteiger partial charge >= 0.3 is 0 Å². The number of carbonyl (C=O) groups is 1. The zero-order valence-electron chi connectivity index (χ0n) is 17.4. The molecule has 6 nitrogen and oxygen atoms in total. The fourth-order valence-electron chi connectivity index (χ4n) is 4.00. The molecule has 3 rings (SSSR count). The summed E-state index contributed by atoms with van der Waals surface area (Å²) in [5.41, 5.74) is 0.198. The summed E-state index contributed by atoms with van der Waals surface area (Å²) in [7, 11) is 0. The van der Waals surface area contributed by atoms with E-state index in [2.05, 4.69) is 41.3 Å².